The van der Waals surface area contributed by atoms with E-state index in [1.807, 2.05) is 76.9 Å². The van der Waals surface area contributed by atoms with Crippen LogP contribution in [0.5, 0.6) is 0 Å². The average Bonchev–Trinajstić information content (AvgIpc) is 3.49. The lowest BCUT2D eigenvalue weighted by Crippen LogP contribution is -2.54. The lowest BCUT2D eigenvalue weighted by atomic mass is 9.90. The van der Waals surface area contributed by atoms with Crippen LogP contribution in [0.4, 0.5) is 0 Å². The van der Waals surface area contributed by atoms with Gasteiger partial charge in [0.05, 0.1) is 42.2 Å². The van der Waals surface area contributed by atoms with Gasteiger partial charge in [-0.3, -0.25) is 18.6 Å². The highest BCUT2D eigenvalue weighted by atomic mass is 32.2. The Hall–Kier alpha value is -2.34. The van der Waals surface area contributed by atoms with Gasteiger partial charge in [0.15, 0.2) is 11.1 Å². The van der Waals surface area contributed by atoms with Gasteiger partial charge in [-0.05, 0) is 51.0 Å². The topological polar surface area (TPSA) is 114 Å². The van der Waals surface area contributed by atoms with Crippen LogP contribution in [0.3, 0.4) is 0 Å². The predicted octanol–water partition coefficient (Wildman–Crippen LogP) is 5.12. The maximum Gasteiger partial charge on any atom is 0.226 e. The third-order valence-corrected chi connectivity index (χ3v) is 10.4. The van der Waals surface area contributed by atoms with Crippen molar-refractivity contribution in [2.24, 2.45) is 17.8 Å². The lowest BCUT2D eigenvalue weighted by molar-refractivity contribution is -0.146. The van der Waals surface area contributed by atoms with E-state index in [0.29, 0.717) is 25.8 Å². The second-order valence-corrected chi connectivity index (χ2v) is 15.6. The van der Waals surface area contributed by atoms with Crippen molar-refractivity contribution in [2.75, 3.05) is 27.8 Å². The molecule has 0 aromatic heterocycles. The highest BCUT2D eigenvalue weighted by Crippen LogP contribution is 2.30. The van der Waals surface area contributed by atoms with Crippen molar-refractivity contribution in [1.29, 1.82) is 0 Å². The number of likely N-dealkylation sites (tertiary alicyclic amines) is 1. The smallest absolute Gasteiger partial charge is 0.226 e. The van der Waals surface area contributed by atoms with E-state index in [4.69, 9.17) is 13.7 Å². The molecule has 3 amide bonds. The normalized spacial score (nSPS) is 19.8. The van der Waals surface area contributed by atoms with Crippen LogP contribution in [-0.2, 0) is 45.5 Å². The number of hydrogen-bond acceptors (Lipinski definition) is 7. The highest BCUT2D eigenvalue weighted by Gasteiger charge is 2.42. The fourth-order valence-corrected chi connectivity index (χ4v) is 7.56. The van der Waals surface area contributed by atoms with Gasteiger partial charge in [0, 0.05) is 40.7 Å². The third-order valence-electron chi connectivity index (χ3n) is 9.02. The summed E-state index contributed by atoms with van der Waals surface area (Å²) in [6.07, 6.45) is 2.10. The van der Waals surface area contributed by atoms with Crippen LogP contribution >= 0.6 is 0 Å². The quantitative estimate of drug-likeness (QED) is 0.229. The molecule has 0 spiro atoms. The molecular formula is C36H61N3O7S. The van der Waals surface area contributed by atoms with Crippen molar-refractivity contribution >= 4 is 28.8 Å². The van der Waals surface area contributed by atoms with E-state index in [1.165, 1.54) is 0 Å². The predicted molar refractivity (Wildman–Crippen MR) is 187 cm³/mol. The number of hydrogen-bond donors (Lipinski definition) is 1. The van der Waals surface area contributed by atoms with E-state index < -0.39 is 40.2 Å². The number of likely N-dealkylation sites (N-methyl/N-ethyl adjacent to an activating group) is 1. The SMILES string of the molecule is CC[C@H](C)[C@@H]([C@@H](CC(=O)N1CCC[C@H]1[C@H](OC)[C@@H](C)C(=O)N[C@@H](Cc1ccccc1)S(=O)OC(C)(C)C)OC)N(C)C(=O)CC(C)C. The molecule has 47 heavy (non-hydrogen) atoms. The Bertz CT molecular complexity index is 1160. The van der Waals surface area contributed by atoms with Crippen molar-refractivity contribution in [1.82, 2.24) is 15.1 Å². The minimum absolute atomic E-state index is 0.0394. The van der Waals surface area contributed by atoms with Crippen molar-refractivity contribution in [2.45, 2.75) is 129 Å². The summed E-state index contributed by atoms with van der Waals surface area (Å²) in [6.45, 7) is 16.0. The van der Waals surface area contributed by atoms with Crippen LogP contribution in [0.15, 0.2) is 30.3 Å². The van der Waals surface area contributed by atoms with E-state index >= 15 is 0 Å². The second-order valence-electron chi connectivity index (χ2n) is 14.4. The molecule has 1 aromatic carbocycles. The molecule has 1 aromatic rings. The van der Waals surface area contributed by atoms with Crippen LogP contribution in [0.25, 0.3) is 0 Å². The van der Waals surface area contributed by atoms with Gasteiger partial charge in [0.25, 0.3) is 0 Å². The van der Waals surface area contributed by atoms with Gasteiger partial charge < -0.3 is 24.6 Å². The van der Waals surface area contributed by atoms with Gasteiger partial charge in [-0.25, -0.2) is 4.21 Å². The molecule has 1 heterocycles. The molecule has 0 saturated carbocycles. The molecule has 1 saturated heterocycles. The minimum Gasteiger partial charge on any atom is -0.379 e. The molecule has 268 valence electrons. The van der Waals surface area contributed by atoms with Crippen LogP contribution in [-0.4, -0.2) is 94.8 Å². The third kappa shape index (κ3) is 12.2. The summed E-state index contributed by atoms with van der Waals surface area (Å²) in [5, 5.41) is 2.20. The van der Waals surface area contributed by atoms with E-state index in [9.17, 15) is 18.6 Å². The molecule has 0 bridgehead atoms. The number of carbonyl (C=O) groups is 3. The van der Waals surface area contributed by atoms with Gasteiger partial charge in [0.1, 0.15) is 5.37 Å². The number of nitrogens with zero attached hydrogens (tertiary/aromatic N) is 2. The first-order valence-electron chi connectivity index (χ1n) is 17.1. The molecule has 11 heteroatoms. The van der Waals surface area contributed by atoms with Gasteiger partial charge >= 0.3 is 0 Å². The Morgan fingerprint density at radius 1 is 1.04 bits per heavy atom. The molecular weight excluding hydrogens is 618 g/mol. The lowest BCUT2D eigenvalue weighted by Gasteiger charge is -2.39. The maximum atomic E-state index is 14.0. The number of benzene rings is 1. The van der Waals surface area contributed by atoms with Gasteiger partial charge in [-0.15, -0.1) is 0 Å². The van der Waals surface area contributed by atoms with Gasteiger partial charge in [-0.1, -0.05) is 71.4 Å². The molecule has 1 unspecified atom stereocenters. The molecule has 1 N–H and O–H groups in total. The standard InChI is InChI=1S/C36H61N3O7S/c1-12-25(4)33(38(9)31(40)21-24(2)3)29(44-10)23-32(41)39-20-16-19-28(39)34(45-11)26(5)35(42)37-30(47(43)46-36(6,7)8)22-27-17-14-13-15-18-27/h13-15,17-18,24-26,28-30,33-34H,12,16,19-23H2,1-11H3,(H,37,42)/t25-,26+,28-,29+,30+,33-,34+,47?/m0/s1. The first-order chi connectivity index (χ1) is 22.0. The fraction of sp³-hybridized carbons (Fsp3) is 0.750. The number of carbonyl (C=O) groups excluding carboxylic acids is 3. The summed E-state index contributed by atoms with van der Waals surface area (Å²) in [7, 11) is 4.96. The van der Waals surface area contributed by atoms with Crippen LogP contribution < -0.4 is 5.32 Å². The monoisotopic (exact) mass is 679 g/mol. The summed E-state index contributed by atoms with van der Waals surface area (Å²) in [5.41, 5.74) is 0.257. The zero-order valence-electron chi connectivity index (χ0n) is 30.6. The van der Waals surface area contributed by atoms with Gasteiger partial charge in [0.2, 0.25) is 17.7 Å². The Labute approximate surface area is 286 Å². The van der Waals surface area contributed by atoms with E-state index in [1.54, 1.807) is 26.0 Å². The molecule has 0 radical (unpaired) electrons. The van der Waals surface area contributed by atoms with E-state index in [0.717, 1.165) is 18.4 Å². The number of nitrogens with one attached hydrogen (secondary N) is 1. The summed E-state index contributed by atoms with van der Waals surface area (Å²) in [5.74, 6) is -0.671. The second kappa shape index (κ2) is 19.0. The number of ether oxygens (including phenoxy) is 2. The van der Waals surface area contributed by atoms with Crippen LogP contribution in [0.2, 0.25) is 0 Å². The Kier molecular flexibility index (Phi) is 16.5. The zero-order chi connectivity index (χ0) is 35.5. The van der Waals surface area contributed by atoms with Gasteiger partial charge in [-0.2, -0.15) is 0 Å². The number of methoxy groups -OCH3 is 2. The fourth-order valence-electron chi connectivity index (χ4n) is 6.41. The van der Waals surface area contributed by atoms with Crippen molar-refractivity contribution in [3.63, 3.8) is 0 Å². The summed E-state index contributed by atoms with van der Waals surface area (Å²) in [4.78, 5) is 44.4. The van der Waals surface area contributed by atoms with E-state index in [-0.39, 0.29) is 48.1 Å². The summed E-state index contributed by atoms with van der Waals surface area (Å²) < 4.78 is 30.9. The van der Waals surface area contributed by atoms with Crippen molar-refractivity contribution in [3.8, 4) is 0 Å². The van der Waals surface area contributed by atoms with Crippen LogP contribution in [0, 0.1) is 17.8 Å². The highest BCUT2D eigenvalue weighted by molar-refractivity contribution is 7.80. The molecule has 1 aliphatic heterocycles. The summed E-state index contributed by atoms with van der Waals surface area (Å²) in [6, 6.07) is 8.97. The van der Waals surface area contributed by atoms with Crippen molar-refractivity contribution in [3.05, 3.63) is 35.9 Å². The number of rotatable bonds is 18. The maximum absolute atomic E-state index is 14.0. The molecule has 1 aliphatic rings. The molecule has 2 rings (SSSR count). The van der Waals surface area contributed by atoms with E-state index in [2.05, 4.69) is 19.2 Å². The number of amides is 3. The van der Waals surface area contributed by atoms with Crippen molar-refractivity contribution < 1.29 is 32.2 Å². The average molecular weight is 680 g/mol. The minimum atomic E-state index is -1.80. The Morgan fingerprint density at radius 3 is 2.21 bits per heavy atom. The summed E-state index contributed by atoms with van der Waals surface area (Å²) >= 11 is -1.80. The Balaban J connectivity index is 2.24. The molecule has 10 nitrogen and oxygen atoms in total. The zero-order valence-corrected chi connectivity index (χ0v) is 31.4. The first kappa shape index (κ1) is 40.8. The Morgan fingerprint density at radius 2 is 1.68 bits per heavy atom. The first-order valence-corrected chi connectivity index (χ1v) is 18.2. The molecule has 0 aliphatic carbocycles. The largest absolute Gasteiger partial charge is 0.379 e. The van der Waals surface area contributed by atoms with Crippen LogP contribution in [0.1, 0.15) is 93.1 Å². The molecule has 1 fully saturated rings. The molecule has 8 atom stereocenters.